The maximum Gasteiger partial charge on any atom is 0.186 e. The molecule has 0 unspecified atom stereocenters. The van der Waals surface area contributed by atoms with Gasteiger partial charge in [0.1, 0.15) is 0 Å². The molecule has 0 bridgehead atoms. The van der Waals surface area contributed by atoms with E-state index in [9.17, 15) is 5.11 Å². The average Bonchev–Trinajstić information content (AvgIpc) is 2.20. The first-order valence-corrected chi connectivity index (χ1v) is 4.39. The van der Waals surface area contributed by atoms with E-state index in [-0.39, 0.29) is 5.75 Å². The molecule has 14 heavy (non-hydrogen) atoms. The second-order valence-electron chi connectivity index (χ2n) is 3.12. The molecule has 2 nitrogen and oxygen atoms in total. The maximum atomic E-state index is 11.5. The van der Waals surface area contributed by atoms with Crippen molar-refractivity contribution >= 4 is 5.69 Å². The molecule has 0 atom stereocenters. The number of benzene rings is 2. The molecule has 0 amide bonds. The van der Waals surface area contributed by atoms with Gasteiger partial charge in [0.15, 0.2) is 5.75 Å². The van der Waals surface area contributed by atoms with Crippen molar-refractivity contribution in [2.75, 3.05) is 5.73 Å². The van der Waals surface area contributed by atoms with Crippen LogP contribution in [-0.4, -0.2) is 0 Å². The summed E-state index contributed by atoms with van der Waals surface area (Å²) in [5.41, 5.74) is 7.89. The molecule has 69 valence electrons. The third-order valence-corrected chi connectivity index (χ3v) is 2.11. The molecule has 2 N–H and O–H groups in total. The topological polar surface area (TPSA) is 45.9 Å². The Morgan fingerprint density at radius 1 is 0.857 bits per heavy atom. The minimum Gasteiger partial charge on any atom is -0.399 e. The van der Waals surface area contributed by atoms with Crippen LogP contribution in [0.3, 0.4) is 0 Å². The van der Waals surface area contributed by atoms with Crippen molar-refractivity contribution in [2.45, 2.75) is 0 Å². The molecule has 0 aliphatic rings. The smallest absolute Gasteiger partial charge is 0.186 e. The molecule has 2 aromatic carbocycles. The van der Waals surface area contributed by atoms with E-state index in [1.165, 1.54) is 0 Å². The zero-order valence-corrected chi connectivity index (χ0v) is 7.60. The van der Waals surface area contributed by atoms with E-state index in [0.29, 0.717) is 11.3 Å². The molecule has 0 saturated carbocycles. The van der Waals surface area contributed by atoms with Gasteiger partial charge in [0.2, 0.25) is 0 Å². The van der Waals surface area contributed by atoms with Gasteiger partial charge in [0.05, 0.1) is 0 Å². The largest absolute Gasteiger partial charge is 0.399 e. The van der Waals surface area contributed by atoms with Gasteiger partial charge in [-0.1, -0.05) is 30.3 Å². The van der Waals surface area contributed by atoms with Crippen LogP contribution in [0.1, 0.15) is 0 Å². The van der Waals surface area contributed by atoms with Crippen molar-refractivity contribution in [3.05, 3.63) is 48.5 Å². The SMILES string of the molecule is Nc1ccc(-c2ccccc2[O])cc1. The highest BCUT2D eigenvalue weighted by molar-refractivity contribution is 5.70. The van der Waals surface area contributed by atoms with E-state index in [0.717, 1.165) is 5.56 Å². The van der Waals surface area contributed by atoms with E-state index in [2.05, 4.69) is 0 Å². The lowest BCUT2D eigenvalue weighted by Crippen LogP contribution is -1.83. The summed E-state index contributed by atoms with van der Waals surface area (Å²) in [5, 5.41) is 11.5. The predicted molar refractivity (Wildman–Crippen MR) is 56.4 cm³/mol. The summed E-state index contributed by atoms with van der Waals surface area (Å²) in [6, 6.07) is 14.3. The highest BCUT2D eigenvalue weighted by Gasteiger charge is 2.03. The Bertz CT molecular complexity index is 434. The van der Waals surface area contributed by atoms with Gasteiger partial charge in [-0.2, -0.15) is 0 Å². The number of rotatable bonds is 1. The third kappa shape index (κ3) is 1.55. The Labute approximate surface area is 82.6 Å². The number of anilines is 1. The summed E-state index contributed by atoms with van der Waals surface area (Å²) in [6.45, 7) is 0. The fraction of sp³-hybridized carbons (Fsp3) is 0. The Hall–Kier alpha value is -1.96. The van der Waals surface area contributed by atoms with Gasteiger partial charge in [-0.3, -0.25) is 5.11 Å². The van der Waals surface area contributed by atoms with Gasteiger partial charge in [0.25, 0.3) is 0 Å². The lowest BCUT2D eigenvalue weighted by molar-refractivity contribution is 0.356. The Morgan fingerprint density at radius 2 is 1.50 bits per heavy atom. The highest BCUT2D eigenvalue weighted by atomic mass is 16.3. The lowest BCUT2D eigenvalue weighted by atomic mass is 10.0. The number of nitrogen functional groups attached to an aromatic ring is 1. The zero-order valence-electron chi connectivity index (χ0n) is 7.60. The summed E-state index contributed by atoms with van der Waals surface area (Å²) in [6.07, 6.45) is 0. The fourth-order valence-electron chi connectivity index (χ4n) is 1.37. The predicted octanol–water partition coefficient (Wildman–Crippen LogP) is 3.08. The van der Waals surface area contributed by atoms with Gasteiger partial charge in [-0.05, 0) is 23.8 Å². The van der Waals surface area contributed by atoms with Crippen LogP contribution in [-0.2, 0) is 5.11 Å². The number of para-hydroxylation sites is 1. The van der Waals surface area contributed by atoms with Gasteiger partial charge in [0, 0.05) is 11.3 Å². The van der Waals surface area contributed by atoms with Crippen LogP contribution in [0.25, 0.3) is 11.1 Å². The fourth-order valence-corrected chi connectivity index (χ4v) is 1.37. The minimum atomic E-state index is 0.0391. The molecule has 0 aliphatic carbocycles. The molecule has 2 rings (SSSR count). The highest BCUT2D eigenvalue weighted by Crippen LogP contribution is 2.29. The van der Waals surface area contributed by atoms with E-state index >= 15 is 0 Å². The molecule has 0 spiro atoms. The van der Waals surface area contributed by atoms with Crippen LogP contribution in [0, 0.1) is 0 Å². The minimum absolute atomic E-state index is 0.0391. The summed E-state index contributed by atoms with van der Waals surface area (Å²) in [4.78, 5) is 0. The Morgan fingerprint density at radius 3 is 2.14 bits per heavy atom. The van der Waals surface area contributed by atoms with E-state index in [4.69, 9.17) is 5.73 Å². The number of hydrogen-bond donors (Lipinski definition) is 1. The maximum absolute atomic E-state index is 11.5. The monoisotopic (exact) mass is 184 g/mol. The van der Waals surface area contributed by atoms with E-state index < -0.39 is 0 Å². The van der Waals surface area contributed by atoms with Gasteiger partial charge < -0.3 is 5.73 Å². The van der Waals surface area contributed by atoms with Crippen molar-refractivity contribution in [1.29, 1.82) is 0 Å². The molecular weight excluding hydrogens is 174 g/mol. The molecule has 2 heteroatoms. The Kier molecular flexibility index (Phi) is 2.11. The van der Waals surface area contributed by atoms with Gasteiger partial charge in [-0.25, -0.2) is 0 Å². The van der Waals surface area contributed by atoms with Crippen molar-refractivity contribution in [3.8, 4) is 16.9 Å². The lowest BCUT2D eigenvalue weighted by Gasteiger charge is -2.02. The summed E-state index contributed by atoms with van der Waals surface area (Å²) >= 11 is 0. The van der Waals surface area contributed by atoms with Gasteiger partial charge in [-0.15, -0.1) is 0 Å². The standard InChI is InChI=1S/C12H10NO/c13-10-7-5-9(6-8-10)11-3-1-2-4-12(11)14/h1-8H,13H2. The summed E-state index contributed by atoms with van der Waals surface area (Å²) in [5.74, 6) is 0.0391. The van der Waals surface area contributed by atoms with E-state index in [1.54, 1.807) is 24.3 Å². The third-order valence-electron chi connectivity index (χ3n) is 2.11. The van der Waals surface area contributed by atoms with Crippen LogP contribution in [0.4, 0.5) is 5.69 Å². The van der Waals surface area contributed by atoms with Crippen molar-refractivity contribution in [3.63, 3.8) is 0 Å². The van der Waals surface area contributed by atoms with Crippen LogP contribution in [0.2, 0.25) is 0 Å². The molecule has 2 aromatic rings. The number of hydrogen-bond acceptors (Lipinski definition) is 1. The second-order valence-corrected chi connectivity index (χ2v) is 3.12. The van der Waals surface area contributed by atoms with Crippen LogP contribution >= 0.6 is 0 Å². The van der Waals surface area contributed by atoms with Crippen LogP contribution in [0.15, 0.2) is 48.5 Å². The van der Waals surface area contributed by atoms with Gasteiger partial charge >= 0.3 is 0 Å². The summed E-state index contributed by atoms with van der Waals surface area (Å²) in [7, 11) is 0. The first-order valence-electron chi connectivity index (χ1n) is 4.39. The number of nitrogens with two attached hydrogens (primary N) is 1. The molecule has 1 radical (unpaired) electrons. The van der Waals surface area contributed by atoms with Crippen molar-refractivity contribution in [1.82, 2.24) is 0 Å². The van der Waals surface area contributed by atoms with Crippen molar-refractivity contribution < 1.29 is 5.11 Å². The Balaban J connectivity index is 2.50. The average molecular weight is 184 g/mol. The zero-order chi connectivity index (χ0) is 9.97. The molecular formula is C12H10NO. The molecule has 0 heterocycles. The quantitative estimate of drug-likeness (QED) is 0.680. The molecule has 0 aromatic heterocycles. The van der Waals surface area contributed by atoms with E-state index in [1.807, 2.05) is 24.3 Å². The normalized spacial score (nSPS) is 10.0. The summed E-state index contributed by atoms with van der Waals surface area (Å²) < 4.78 is 0. The first kappa shape index (κ1) is 8.63. The van der Waals surface area contributed by atoms with Crippen LogP contribution < -0.4 is 5.73 Å². The second kappa shape index (κ2) is 3.42. The molecule has 0 saturated heterocycles. The van der Waals surface area contributed by atoms with Crippen molar-refractivity contribution in [2.24, 2.45) is 0 Å². The molecule has 0 fully saturated rings. The first-order chi connectivity index (χ1) is 6.77. The molecule has 0 aliphatic heterocycles. The van der Waals surface area contributed by atoms with Crippen LogP contribution in [0.5, 0.6) is 5.75 Å².